The molecular formula is C16H25FN2O2. The van der Waals surface area contributed by atoms with Gasteiger partial charge in [-0.05, 0) is 43.5 Å². The van der Waals surface area contributed by atoms with E-state index in [0.717, 1.165) is 32.4 Å². The highest BCUT2D eigenvalue weighted by Gasteiger charge is 2.26. The lowest BCUT2D eigenvalue weighted by atomic mass is 9.99. The average Bonchev–Trinajstić information content (AvgIpc) is 2.53. The van der Waals surface area contributed by atoms with Gasteiger partial charge in [0.25, 0.3) is 0 Å². The number of nitrogens with two attached hydrogens (primary N) is 1. The number of ether oxygens (including phenoxy) is 2. The molecule has 0 saturated carbocycles. The van der Waals surface area contributed by atoms with E-state index in [1.54, 1.807) is 19.2 Å². The van der Waals surface area contributed by atoms with Gasteiger partial charge in [-0.3, -0.25) is 4.90 Å². The zero-order valence-electron chi connectivity index (χ0n) is 12.6. The number of likely N-dealkylation sites (tertiary alicyclic amines) is 1. The smallest absolute Gasteiger partial charge is 0.123 e. The Morgan fingerprint density at radius 1 is 1.33 bits per heavy atom. The van der Waals surface area contributed by atoms with Crippen molar-refractivity contribution in [3.05, 3.63) is 30.1 Å². The van der Waals surface area contributed by atoms with Crippen LogP contribution in [0.1, 0.15) is 19.3 Å². The molecule has 0 aromatic heterocycles. The summed E-state index contributed by atoms with van der Waals surface area (Å²) in [6.07, 6.45) is 3.34. The summed E-state index contributed by atoms with van der Waals surface area (Å²) in [5.41, 5.74) is 5.86. The lowest BCUT2D eigenvalue weighted by Crippen LogP contribution is -2.48. The van der Waals surface area contributed by atoms with Gasteiger partial charge in [0.1, 0.15) is 11.6 Å². The van der Waals surface area contributed by atoms with E-state index in [4.69, 9.17) is 15.2 Å². The quantitative estimate of drug-likeness (QED) is 0.782. The Morgan fingerprint density at radius 2 is 2.10 bits per heavy atom. The van der Waals surface area contributed by atoms with Crippen molar-refractivity contribution in [2.24, 2.45) is 5.73 Å². The third-order valence-electron chi connectivity index (χ3n) is 4.07. The van der Waals surface area contributed by atoms with Gasteiger partial charge in [0.2, 0.25) is 0 Å². The lowest BCUT2D eigenvalue weighted by Gasteiger charge is -2.38. The van der Waals surface area contributed by atoms with Crippen molar-refractivity contribution in [1.82, 2.24) is 4.90 Å². The first-order chi connectivity index (χ1) is 10.2. The fourth-order valence-corrected chi connectivity index (χ4v) is 2.81. The van der Waals surface area contributed by atoms with Gasteiger partial charge in [-0.25, -0.2) is 4.39 Å². The van der Waals surface area contributed by atoms with Crippen molar-refractivity contribution in [3.63, 3.8) is 0 Å². The molecule has 1 aromatic rings. The molecule has 2 rings (SSSR count). The van der Waals surface area contributed by atoms with E-state index in [2.05, 4.69) is 4.90 Å². The van der Waals surface area contributed by atoms with Crippen LogP contribution in [0.15, 0.2) is 24.3 Å². The minimum atomic E-state index is -0.242. The molecule has 0 radical (unpaired) electrons. The van der Waals surface area contributed by atoms with Crippen LogP contribution in [0.25, 0.3) is 0 Å². The maximum Gasteiger partial charge on any atom is 0.123 e. The molecule has 0 amide bonds. The summed E-state index contributed by atoms with van der Waals surface area (Å²) in [7, 11) is 1.77. The van der Waals surface area contributed by atoms with Gasteiger partial charge >= 0.3 is 0 Å². The Morgan fingerprint density at radius 3 is 2.76 bits per heavy atom. The average molecular weight is 296 g/mol. The van der Waals surface area contributed by atoms with Crippen molar-refractivity contribution in [3.8, 4) is 5.75 Å². The summed E-state index contributed by atoms with van der Waals surface area (Å²) >= 11 is 0. The molecule has 118 valence electrons. The van der Waals surface area contributed by atoms with Crippen LogP contribution in [0.4, 0.5) is 4.39 Å². The number of rotatable bonds is 7. The molecule has 1 aliphatic rings. The molecule has 1 aromatic carbocycles. The first-order valence-corrected chi connectivity index (χ1v) is 7.58. The van der Waals surface area contributed by atoms with E-state index in [9.17, 15) is 4.39 Å². The lowest BCUT2D eigenvalue weighted by molar-refractivity contribution is 0.0119. The minimum absolute atomic E-state index is 0.242. The predicted octanol–water partition coefficient (Wildman–Crippen LogP) is 2.03. The molecule has 1 saturated heterocycles. The van der Waals surface area contributed by atoms with Gasteiger partial charge in [0.05, 0.1) is 12.7 Å². The summed E-state index contributed by atoms with van der Waals surface area (Å²) in [6, 6.07) is 6.53. The topological polar surface area (TPSA) is 47.7 Å². The van der Waals surface area contributed by atoms with Crippen molar-refractivity contribution in [1.29, 1.82) is 0 Å². The fraction of sp³-hybridized carbons (Fsp3) is 0.625. The fourth-order valence-electron chi connectivity index (χ4n) is 2.81. The first kappa shape index (κ1) is 16.2. The van der Waals surface area contributed by atoms with Crippen LogP contribution in [0, 0.1) is 5.82 Å². The van der Waals surface area contributed by atoms with Crippen molar-refractivity contribution in [2.75, 3.05) is 33.4 Å². The van der Waals surface area contributed by atoms with E-state index in [0.29, 0.717) is 31.0 Å². The molecular weight excluding hydrogens is 271 g/mol. The number of hydrogen-bond donors (Lipinski definition) is 1. The number of halogens is 1. The largest absolute Gasteiger partial charge is 0.494 e. The van der Waals surface area contributed by atoms with Crippen LogP contribution in [0.3, 0.4) is 0 Å². The summed E-state index contributed by atoms with van der Waals surface area (Å²) in [4.78, 5) is 2.42. The SMILES string of the molecule is COC1CCN(CCCOc2ccc(F)cc2)C(CN)C1. The third kappa shape index (κ3) is 4.95. The predicted molar refractivity (Wildman–Crippen MR) is 81.0 cm³/mol. The number of benzene rings is 1. The molecule has 0 aliphatic carbocycles. The van der Waals surface area contributed by atoms with Crippen molar-refractivity contribution < 1.29 is 13.9 Å². The van der Waals surface area contributed by atoms with E-state index < -0.39 is 0 Å². The Balaban J connectivity index is 1.69. The summed E-state index contributed by atoms with van der Waals surface area (Å²) in [6.45, 7) is 3.29. The van der Waals surface area contributed by atoms with Crippen LogP contribution in [0.2, 0.25) is 0 Å². The second-order valence-corrected chi connectivity index (χ2v) is 5.46. The summed E-state index contributed by atoms with van der Waals surface area (Å²) in [5.74, 6) is 0.471. The first-order valence-electron chi connectivity index (χ1n) is 7.58. The minimum Gasteiger partial charge on any atom is -0.494 e. The number of methoxy groups -OCH3 is 1. The van der Waals surface area contributed by atoms with Gasteiger partial charge in [0, 0.05) is 32.8 Å². The molecule has 1 heterocycles. The van der Waals surface area contributed by atoms with Gasteiger partial charge in [-0.1, -0.05) is 0 Å². The second-order valence-electron chi connectivity index (χ2n) is 5.46. The van der Waals surface area contributed by atoms with Crippen LogP contribution in [-0.2, 0) is 4.74 Å². The normalized spacial score (nSPS) is 23.2. The van der Waals surface area contributed by atoms with E-state index in [1.807, 2.05) is 0 Å². The molecule has 1 aliphatic heterocycles. The van der Waals surface area contributed by atoms with Crippen molar-refractivity contribution >= 4 is 0 Å². The molecule has 21 heavy (non-hydrogen) atoms. The molecule has 4 nitrogen and oxygen atoms in total. The highest BCUT2D eigenvalue weighted by Crippen LogP contribution is 2.19. The monoisotopic (exact) mass is 296 g/mol. The van der Waals surface area contributed by atoms with Crippen LogP contribution in [0.5, 0.6) is 5.75 Å². The molecule has 1 fully saturated rings. The number of nitrogens with zero attached hydrogens (tertiary/aromatic N) is 1. The van der Waals surface area contributed by atoms with Crippen LogP contribution >= 0.6 is 0 Å². The zero-order valence-corrected chi connectivity index (χ0v) is 12.6. The standard InChI is InChI=1S/C16H25FN2O2/c1-20-16-7-9-19(14(11-16)12-18)8-2-10-21-15-5-3-13(17)4-6-15/h3-6,14,16H,2,7-12,18H2,1H3. The second kappa shape index (κ2) is 8.32. The van der Waals surface area contributed by atoms with E-state index in [1.165, 1.54) is 12.1 Å². The maximum absolute atomic E-state index is 12.8. The highest BCUT2D eigenvalue weighted by atomic mass is 19.1. The Kier molecular flexibility index (Phi) is 6.42. The molecule has 2 unspecified atom stereocenters. The Labute approximate surface area is 126 Å². The molecule has 0 bridgehead atoms. The van der Waals surface area contributed by atoms with E-state index in [-0.39, 0.29) is 5.82 Å². The van der Waals surface area contributed by atoms with Gasteiger partial charge in [-0.15, -0.1) is 0 Å². The maximum atomic E-state index is 12.8. The molecule has 5 heteroatoms. The highest BCUT2D eigenvalue weighted by molar-refractivity contribution is 5.21. The number of piperidine rings is 1. The van der Waals surface area contributed by atoms with E-state index >= 15 is 0 Å². The Bertz CT molecular complexity index is 413. The van der Waals surface area contributed by atoms with Gasteiger partial charge in [-0.2, -0.15) is 0 Å². The number of hydrogen-bond acceptors (Lipinski definition) is 4. The van der Waals surface area contributed by atoms with Gasteiger partial charge < -0.3 is 15.2 Å². The third-order valence-corrected chi connectivity index (χ3v) is 4.07. The van der Waals surface area contributed by atoms with Crippen molar-refractivity contribution in [2.45, 2.75) is 31.4 Å². The summed E-state index contributed by atoms with van der Waals surface area (Å²) in [5, 5.41) is 0. The van der Waals surface area contributed by atoms with Crippen LogP contribution < -0.4 is 10.5 Å². The Hall–Kier alpha value is -1.17. The van der Waals surface area contributed by atoms with Gasteiger partial charge in [0.15, 0.2) is 0 Å². The molecule has 0 spiro atoms. The molecule has 2 atom stereocenters. The summed E-state index contributed by atoms with van der Waals surface area (Å²) < 4.78 is 23.8. The van der Waals surface area contributed by atoms with Crippen LogP contribution in [-0.4, -0.2) is 50.4 Å². The molecule has 2 N–H and O–H groups in total. The zero-order chi connectivity index (χ0) is 15.1.